The Balaban J connectivity index is 2.64. The van der Waals surface area contributed by atoms with Crippen molar-refractivity contribution in [3.63, 3.8) is 0 Å². The molecule has 6 heteroatoms. The summed E-state index contributed by atoms with van der Waals surface area (Å²) in [6.45, 7) is 2.12. The lowest BCUT2D eigenvalue weighted by Gasteiger charge is -2.11. The van der Waals surface area contributed by atoms with Gasteiger partial charge >= 0.3 is 5.97 Å². The van der Waals surface area contributed by atoms with E-state index in [0.717, 1.165) is 6.07 Å². The quantitative estimate of drug-likeness (QED) is 0.864. The van der Waals surface area contributed by atoms with Gasteiger partial charge in [0.05, 0.1) is 11.1 Å². The molecular formula is C14H14N2O4. The summed E-state index contributed by atoms with van der Waals surface area (Å²) < 4.78 is 1.27. The molecular weight excluding hydrogens is 260 g/mol. The minimum absolute atomic E-state index is 0.0576. The van der Waals surface area contributed by atoms with Crippen molar-refractivity contribution in [3.8, 4) is 0 Å². The molecule has 0 radical (unpaired) electrons. The van der Waals surface area contributed by atoms with Gasteiger partial charge in [0, 0.05) is 18.0 Å². The van der Waals surface area contributed by atoms with E-state index in [1.165, 1.54) is 4.57 Å². The minimum atomic E-state index is -1.16. The Morgan fingerprint density at radius 2 is 2.00 bits per heavy atom. The van der Waals surface area contributed by atoms with E-state index in [1.54, 1.807) is 31.2 Å². The van der Waals surface area contributed by atoms with Gasteiger partial charge in [-0.25, -0.2) is 4.79 Å². The fraction of sp³-hybridized carbons (Fsp3) is 0.214. The van der Waals surface area contributed by atoms with Crippen LogP contribution in [-0.4, -0.2) is 28.1 Å². The van der Waals surface area contributed by atoms with Crippen LogP contribution in [0.5, 0.6) is 0 Å². The Bertz CT molecular complexity index is 734. The number of carboxylic acids is 1. The van der Waals surface area contributed by atoms with Crippen LogP contribution >= 0.6 is 0 Å². The highest BCUT2D eigenvalue weighted by atomic mass is 16.4. The van der Waals surface area contributed by atoms with Gasteiger partial charge in [0.2, 0.25) is 5.91 Å². The first-order valence-electron chi connectivity index (χ1n) is 6.17. The molecule has 1 heterocycles. The number of carbonyl (C=O) groups is 2. The van der Waals surface area contributed by atoms with Crippen molar-refractivity contribution >= 4 is 22.8 Å². The lowest BCUT2D eigenvalue weighted by atomic mass is 10.1. The van der Waals surface area contributed by atoms with Crippen molar-refractivity contribution in [1.29, 1.82) is 0 Å². The number of fused-ring (bicyclic) bond motifs is 1. The number of benzene rings is 1. The molecule has 0 unspecified atom stereocenters. The number of para-hydroxylation sites is 1. The smallest absolute Gasteiger partial charge is 0.336 e. The van der Waals surface area contributed by atoms with E-state index in [-0.39, 0.29) is 18.0 Å². The van der Waals surface area contributed by atoms with Crippen molar-refractivity contribution in [3.05, 3.63) is 46.2 Å². The number of hydrogen-bond donors (Lipinski definition) is 2. The van der Waals surface area contributed by atoms with E-state index in [2.05, 4.69) is 5.32 Å². The molecule has 2 N–H and O–H groups in total. The summed E-state index contributed by atoms with van der Waals surface area (Å²) in [7, 11) is 0. The molecule has 2 aromatic rings. The second kappa shape index (κ2) is 5.56. The predicted octanol–water partition coefficient (Wildman–Crippen LogP) is 0.836. The number of nitrogens with one attached hydrogen (secondary N) is 1. The molecule has 0 fully saturated rings. The third-order valence-corrected chi connectivity index (χ3v) is 2.92. The Morgan fingerprint density at radius 3 is 2.65 bits per heavy atom. The summed E-state index contributed by atoms with van der Waals surface area (Å²) in [6.07, 6.45) is 0. The fourth-order valence-electron chi connectivity index (χ4n) is 2.07. The molecule has 0 bridgehead atoms. The topological polar surface area (TPSA) is 88.4 Å². The number of aromatic nitrogens is 1. The summed E-state index contributed by atoms with van der Waals surface area (Å²) in [5.41, 5.74) is -0.131. The fourth-order valence-corrected chi connectivity index (χ4v) is 2.07. The third-order valence-electron chi connectivity index (χ3n) is 2.92. The second-order valence-electron chi connectivity index (χ2n) is 4.26. The summed E-state index contributed by atoms with van der Waals surface area (Å²) in [6, 6.07) is 7.68. The molecule has 0 aliphatic rings. The normalized spacial score (nSPS) is 10.4. The van der Waals surface area contributed by atoms with E-state index in [1.807, 2.05) is 0 Å². The zero-order chi connectivity index (χ0) is 14.7. The van der Waals surface area contributed by atoms with E-state index >= 15 is 0 Å². The summed E-state index contributed by atoms with van der Waals surface area (Å²) >= 11 is 0. The van der Waals surface area contributed by atoms with Crippen LogP contribution in [0.25, 0.3) is 10.9 Å². The molecule has 1 aromatic carbocycles. The average molecular weight is 274 g/mol. The van der Waals surface area contributed by atoms with Gasteiger partial charge in [-0.15, -0.1) is 0 Å². The van der Waals surface area contributed by atoms with Crippen molar-refractivity contribution in [2.75, 3.05) is 6.54 Å². The Kier molecular flexibility index (Phi) is 3.84. The average Bonchev–Trinajstić information content (AvgIpc) is 2.41. The molecule has 0 atom stereocenters. The predicted molar refractivity (Wildman–Crippen MR) is 73.9 cm³/mol. The van der Waals surface area contributed by atoms with Gasteiger partial charge in [0.15, 0.2) is 0 Å². The number of likely N-dealkylation sites (N-methyl/N-ethyl adjacent to an activating group) is 1. The number of amides is 1. The Morgan fingerprint density at radius 1 is 1.30 bits per heavy atom. The lowest BCUT2D eigenvalue weighted by molar-refractivity contribution is -0.121. The molecule has 20 heavy (non-hydrogen) atoms. The molecule has 0 spiro atoms. The second-order valence-corrected chi connectivity index (χ2v) is 4.26. The first-order chi connectivity index (χ1) is 9.54. The number of nitrogens with zero attached hydrogens (tertiary/aromatic N) is 1. The van der Waals surface area contributed by atoms with E-state index in [0.29, 0.717) is 17.4 Å². The number of carboxylic acid groups (broad SMARTS) is 1. The molecule has 104 valence electrons. The van der Waals surface area contributed by atoms with Crippen molar-refractivity contribution in [2.45, 2.75) is 13.5 Å². The monoisotopic (exact) mass is 274 g/mol. The summed E-state index contributed by atoms with van der Waals surface area (Å²) in [5, 5.41) is 12.2. The molecule has 0 aliphatic carbocycles. The van der Waals surface area contributed by atoms with E-state index < -0.39 is 11.5 Å². The SMILES string of the molecule is CCNC(=O)Cn1c(=O)cc(C(=O)O)c2ccccc21. The van der Waals surface area contributed by atoms with Gasteiger partial charge in [-0.2, -0.15) is 0 Å². The maximum atomic E-state index is 12.0. The van der Waals surface area contributed by atoms with Gasteiger partial charge < -0.3 is 10.4 Å². The Labute approximate surface area is 114 Å². The number of aromatic carboxylic acids is 1. The van der Waals surface area contributed by atoms with Crippen LogP contribution in [0.2, 0.25) is 0 Å². The molecule has 2 rings (SSSR count). The number of carbonyl (C=O) groups excluding carboxylic acids is 1. The van der Waals surface area contributed by atoms with Crippen LogP contribution in [0.1, 0.15) is 17.3 Å². The highest BCUT2D eigenvalue weighted by molar-refractivity contribution is 6.02. The highest BCUT2D eigenvalue weighted by Crippen LogP contribution is 2.16. The van der Waals surface area contributed by atoms with Crippen LogP contribution in [-0.2, 0) is 11.3 Å². The Hall–Kier alpha value is -2.63. The number of rotatable bonds is 4. The summed E-state index contributed by atoms with van der Waals surface area (Å²) in [4.78, 5) is 34.8. The van der Waals surface area contributed by atoms with Gasteiger partial charge in [-0.3, -0.25) is 14.2 Å². The maximum absolute atomic E-state index is 12.0. The van der Waals surface area contributed by atoms with Gasteiger partial charge in [0.25, 0.3) is 5.56 Å². The molecule has 1 aromatic heterocycles. The van der Waals surface area contributed by atoms with Gasteiger partial charge in [0.1, 0.15) is 6.54 Å². The third kappa shape index (κ3) is 2.54. The number of pyridine rings is 1. The van der Waals surface area contributed by atoms with Crippen molar-refractivity contribution < 1.29 is 14.7 Å². The molecule has 0 aliphatic heterocycles. The van der Waals surface area contributed by atoms with Crippen LogP contribution in [0, 0.1) is 0 Å². The molecule has 1 amide bonds. The van der Waals surface area contributed by atoms with Crippen molar-refractivity contribution in [1.82, 2.24) is 9.88 Å². The van der Waals surface area contributed by atoms with Crippen LogP contribution in [0.3, 0.4) is 0 Å². The maximum Gasteiger partial charge on any atom is 0.336 e. The van der Waals surface area contributed by atoms with E-state index in [4.69, 9.17) is 5.11 Å². The van der Waals surface area contributed by atoms with Crippen molar-refractivity contribution in [2.24, 2.45) is 0 Å². The molecule has 0 saturated heterocycles. The lowest BCUT2D eigenvalue weighted by Crippen LogP contribution is -2.32. The van der Waals surface area contributed by atoms with E-state index in [9.17, 15) is 14.4 Å². The van der Waals surface area contributed by atoms with Gasteiger partial charge in [-0.1, -0.05) is 18.2 Å². The minimum Gasteiger partial charge on any atom is -0.478 e. The van der Waals surface area contributed by atoms with Gasteiger partial charge in [-0.05, 0) is 13.0 Å². The standard InChI is InChI=1S/C14H14N2O4/c1-2-15-12(17)8-16-11-6-4-3-5-9(11)10(14(19)20)7-13(16)18/h3-7H,2,8H2,1H3,(H,15,17)(H,19,20). The first kappa shape index (κ1) is 13.8. The highest BCUT2D eigenvalue weighted by Gasteiger charge is 2.14. The largest absolute Gasteiger partial charge is 0.478 e. The zero-order valence-corrected chi connectivity index (χ0v) is 10.9. The van der Waals surface area contributed by atoms with Crippen LogP contribution in [0.15, 0.2) is 35.1 Å². The first-order valence-corrected chi connectivity index (χ1v) is 6.17. The van der Waals surface area contributed by atoms with Crippen LogP contribution < -0.4 is 10.9 Å². The number of hydrogen-bond acceptors (Lipinski definition) is 3. The zero-order valence-electron chi connectivity index (χ0n) is 10.9. The molecule has 0 saturated carbocycles. The summed E-state index contributed by atoms with van der Waals surface area (Å²) in [5.74, 6) is -1.45. The van der Waals surface area contributed by atoms with Crippen LogP contribution in [0.4, 0.5) is 0 Å². The molecule has 6 nitrogen and oxygen atoms in total.